The van der Waals surface area contributed by atoms with Crippen molar-refractivity contribution in [2.45, 2.75) is 31.6 Å². The number of carbonyl (C=O) groups is 1. The van der Waals surface area contributed by atoms with Crippen LogP contribution in [-0.2, 0) is 24.3 Å². The normalized spacial score (nSPS) is 13.6. The largest absolute Gasteiger partial charge is 0.324 e. The summed E-state index contributed by atoms with van der Waals surface area (Å²) in [6.07, 6.45) is 0.724. The number of aromatic nitrogens is 2. The first kappa shape index (κ1) is 21.8. The highest BCUT2D eigenvalue weighted by molar-refractivity contribution is 9.10. The second-order valence-electron chi connectivity index (χ2n) is 7.56. The number of nitrogens with zero attached hydrogens (tertiary/aromatic N) is 2. The van der Waals surface area contributed by atoms with E-state index in [1.54, 1.807) is 0 Å². The van der Waals surface area contributed by atoms with Gasteiger partial charge in [0.25, 0.3) is 5.56 Å². The number of hydrogen-bond acceptors (Lipinski definition) is 5. The van der Waals surface area contributed by atoms with Crippen molar-refractivity contribution in [2.24, 2.45) is 0 Å². The molecule has 0 radical (unpaired) electrons. The fourth-order valence-electron chi connectivity index (χ4n) is 3.54. The summed E-state index contributed by atoms with van der Waals surface area (Å²) in [5.74, 6) is 0.0197. The van der Waals surface area contributed by atoms with Gasteiger partial charge in [-0.2, -0.15) is 0 Å². The Hall–Kier alpha value is -2.42. The molecule has 2 N–H and O–H groups in total. The highest BCUT2D eigenvalue weighted by Crippen LogP contribution is 2.24. The summed E-state index contributed by atoms with van der Waals surface area (Å²) in [5.41, 5.74) is 4.50. The summed E-state index contributed by atoms with van der Waals surface area (Å²) in [7, 11) is 0. The molecule has 1 aliphatic heterocycles. The quantitative estimate of drug-likeness (QED) is 0.394. The molecule has 0 fully saturated rings. The topological polar surface area (TPSA) is 78.1 Å². The molecule has 1 amide bonds. The molecule has 2 aromatic carbocycles. The van der Waals surface area contributed by atoms with Gasteiger partial charge in [0, 0.05) is 30.5 Å². The summed E-state index contributed by atoms with van der Waals surface area (Å²) in [4.78, 5) is 34.7. The van der Waals surface area contributed by atoms with Crippen LogP contribution in [0.1, 0.15) is 22.4 Å². The lowest BCUT2D eigenvalue weighted by Crippen LogP contribution is -2.35. The first-order valence-electron chi connectivity index (χ1n) is 10.0. The Labute approximate surface area is 193 Å². The standard InChI is InChI=1S/C23H23BrN4O2S/c1-15-7-8-20(18(24)11-15)25-21(29)14-31-23-26-19-9-10-28(13-17(19)22(30)27-23)12-16-5-3-2-4-6-16/h2-8,11H,9-10,12-14H2,1H3,(H,25,29)(H,26,27,30). The zero-order valence-corrected chi connectivity index (χ0v) is 19.6. The first-order valence-corrected chi connectivity index (χ1v) is 11.8. The van der Waals surface area contributed by atoms with Crippen LogP contribution in [-0.4, -0.2) is 33.1 Å². The third-order valence-electron chi connectivity index (χ3n) is 5.11. The van der Waals surface area contributed by atoms with Gasteiger partial charge in [0.1, 0.15) is 0 Å². The summed E-state index contributed by atoms with van der Waals surface area (Å²) >= 11 is 4.70. The second-order valence-corrected chi connectivity index (χ2v) is 9.38. The zero-order valence-electron chi connectivity index (χ0n) is 17.2. The number of carbonyl (C=O) groups excluding carboxylic acids is 1. The molecule has 0 unspecified atom stereocenters. The van der Waals surface area contributed by atoms with Crippen LogP contribution in [0.15, 0.2) is 63.0 Å². The monoisotopic (exact) mass is 498 g/mol. The average molecular weight is 499 g/mol. The van der Waals surface area contributed by atoms with Crippen molar-refractivity contribution >= 4 is 39.3 Å². The minimum atomic E-state index is -0.149. The number of anilines is 1. The Morgan fingerprint density at radius 1 is 1.26 bits per heavy atom. The third kappa shape index (κ3) is 5.64. The van der Waals surface area contributed by atoms with Gasteiger partial charge in [-0.05, 0) is 46.1 Å². The van der Waals surface area contributed by atoms with E-state index in [4.69, 9.17) is 0 Å². The van der Waals surface area contributed by atoms with Crippen LogP contribution in [0.25, 0.3) is 0 Å². The van der Waals surface area contributed by atoms with Crippen LogP contribution in [0.3, 0.4) is 0 Å². The van der Waals surface area contributed by atoms with Gasteiger partial charge in [-0.15, -0.1) is 0 Å². The molecule has 0 saturated carbocycles. The number of benzene rings is 2. The predicted molar refractivity (Wildman–Crippen MR) is 127 cm³/mol. The van der Waals surface area contributed by atoms with E-state index in [9.17, 15) is 9.59 Å². The maximum absolute atomic E-state index is 12.7. The van der Waals surface area contributed by atoms with Crippen LogP contribution in [0.5, 0.6) is 0 Å². The third-order valence-corrected chi connectivity index (χ3v) is 6.64. The number of thioether (sulfide) groups is 1. The predicted octanol–water partition coefficient (Wildman–Crippen LogP) is 4.13. The van der Waals surface area contributed by atoms with E-state index in [-0.39, 0.29) is 17.2 Å². The van der Waals surface area contributed by atoms with E-state index in [0.717, 1.165) is 46.5 Å². The summed E-state index contributed by atoms with van der Waals surface area (Å²) < 4.78 is 0.839. The number of hydrogen-bond donors (Lipinski definition) is 2. The van der Waals surface area contributed by atoms with Gasteiger partial charge in [0.2, 0.25) is 5.91 Å². The van der Waals surface area contributed by atoms with E-state index >= 15 is 0 Å². The Kier molecular flexibility index (Phi) is 6.89. The Morgan fingerprint density at radius 2 is 2.06 bits per heavy atom. The number of halogens is 1. The van der Waals surface area contributed by atoms with Gasteiger partial charge in [-0.1, -0.05) is 48.2 Å². The molecule has 3 aromatic rings. The molecule has 0 bridgehead atoms. The number of fused-ring (bicyclic) bond motifs is 1. The molecule has 0 saturated heterocycles. The molecule has 0 atom stereocenters. The lowest BCUT2D eigenvalue weighted by Gasteiger charge is -2.27. The Bertz CT molecular complexity index is 1150. The van der Waals surface area contributed by atoms with Gasteiger partial charge in [-0.3, -0.25) is 14.5 Å². The number of aromatic amines is 1. The van der Waals surface area contributed by atoms with E-state index < -0.39 is 0 Å². The van der Waals surface area contributed by atoms with Gasteiger partial charge in [0.05, 0.1) is 22.7 Å². The SMILES string of the molecule is Cc1ccc(NC(=O)CSc2nc3c(c(=O)[nH]2)CN(Cc2ccccc2)CC3)c(Br)c1. The summed E-state index contributed by atoms with van der Waals surface area (Å²) in [6, 6.07) is 16.0. The van der Waals surface area contributed by atoms with E-state index in [1.165, 1.54) is 17.3 Å². The smallest absolute Gasteiger partial charge is 0.256 e. The Balaban J connectivity index is 1.37. The Morgan fingerprint density at radius 3 is 2.84 bits per heavy atom. The molecule has 1 aromatic heterocycles. The lowest BCUT2D eigenvalue weighted by molar-refractivity contribution is -0.113. The molecule has 6 nitrogen and oxygen atoms in total. The molecule has 1 aliphatic rings. The molecule has 2 heterocycles. The molecular weight excluding hydrogens is 476 g/mol. The molecule has 8 heteroatoms. The second kappa shape index (κ2) is 9.80. The lowest BCUT2D eigenvalue weighted by atomic mass is 10.1. The fourth-order valence-corrected chi connectivity index (χ4v) is 4.82. The summed E-state index contributed by atoms with van der Waals surface area (Å²) in [6.45, 7) is 4.24. The van der Waals surface area contributed by atoms with Crippen molar-refractivity contribution in [1.29, 1.82) is 0 Å². The van der Waals surface area contributed by atoms with Crippen LogP contribution < -0.4 is 10.9 Å². The molecule has 160 valence electrons. The molecule has 31 heavy (non-hydrogen) atoms. The fraction of sp³-hybridized carbons (Fsp3) is 0.261. The van der Waals surface area contributed by atoms with Gasteiger partial charge in [-0.25, -0.2) is 4.98 Å². The van der Waals surface area contributed by atoms with Crippen molar-refractivity contribution in [3.63, 3.8) is 0 Å². The van der Waals surface area contributed by atoms with Crippen molar-refractivity contribution in [2.75, 3.05) is 17.6 Å². The van der Waals surface area contributed by atoms with Gasteiger partial charge < -0.3 is 10.3 Å². The number of nitrogens with one attached hydrogen (secondary N) is 2. The zero-order chi connectivity index (χ0) is 21.8. The van der Waals surface area contributed by atoms with Crippen molar-refractivity contribution in [3.05, 3.63) is 85.7 Å². The molecule has 0 aliphatic carbocycles. The summed E-state index contributed by atoms with van der Waals surface area (Å²) in [5, 5.41) is 3.37. The highest BCUT2D eigenvalue weighted by Gasteiger charge is 2.21. The van der Waals surface area contributed by atoms with E-state index in [0.29, 0.717) is 11.7 Å². The maximum Gasteiger partial charge on any atom is 0.256 e. The van der Waals surface area contributed by atoms with Crippen molar-refractivity contribution < 1.29 is 4.79 Å². The minimum absolute atomic E-state index is 0.119. The van der Waals surface area contributed by atoms with Crippen LogP contribution in [0.2, 0.25) is 0 Å². The van der Waals surface area contributed by atoms with E-state index in [2.05, 4.69) is 48.2 Å². The average Bonchev–Trinajstić information content (AvgIpc) is 2.75. The number of H-pyrrole nitrogens is 1. The number of amides is 1. The first-order chi connectivity index (χ1) is 15.0. The molecule has 0 spiro atoms. The minimum Gasteiger partial charge on any atom is -0.324 e. The van der Waals surface area contributed by atoms with Crippen LogP contribution >= 0.6 is 27.7 Å². The highest BCUT2D eigenvalue weighted by atomic mass is 79.9. The molecular formula is C23H23BrN4O2S. The number of rotatable bonds is 6. The van der Waals surface area contributed by atoms with Gasteiger partial charge >= 0.3 is 0 Å². The number of aryl methyl sites for hydroxylation is 1. The van der Waals surface area contributed by atoms with Crippen molar-refractivity contribution in [1.82, 2.24) is 14.9 Å². The van der Waals surface area contributed by atoms with Crippen molar-refractivity contribution in [3.8, 4) is 0 Å². The van der Waals surface area contributed by atoms with Crippen LogP contribution in [0.4, 0.5) is 5.69 Å². The van der Waals surface area contributed by atoms with Crippen LogP contribution in [0, 0.1) is 6.92 Å². The molecule has 4 rings (SSSR count). The van der Waals surface area contributed by atoms with E-state index in [1.807, 2.05) is 43.3 Å². The maximum atomic E-state index is 12.7. The van der Waals surface area contributed by atoms with Gasteiger partial charge in [0.15, 0.2) is 5.16 Å².